The predicted molar refractivity (Wildman–Crippen MR) is 71.9 cm³/mol. The Morgan fingerprint density at radius 1 is 1.45 bits per heavy atom. The topological polar surface area (TPSA) is 71.2 Å². The van der Waals surface area contributed by atoms with E-state index in [0.29, 0.717) is 18.7 Å². The number of imidazole rings is 1. The maximum absolute atomic E-state index is 12.5. The Bertz CT molecular complexity index is 623. The Morgan fingerprint density at radius 2 is 2.30 bits per heavy atom. The van der Waals surface area contributed by atoms with E-state index in [1.165, 1.54) is 0 Å². The number of hydrogen-bond acceptors (Lipinski definition) is 4. The van der Waals surface area contributed by atoms with E-state index < -0.39 is 0 Å². The molecule has 1 N–H and O–H groups in total. The van der Waals surface area contributed by atoms with Crippen LogP contribution in [-0.2, 0) is 20.0 Å². The van der Waals surface area contributed by atoms with Gasteiger partial charge in [-0.3, -0.25) is 9.78 Å². The molecule has 0 fully saturated rings. The quantitative estimate of drug-likeness (QED) is 0.857. The van der Waals surface area contributed by atoms with Crippen LogP contribution in [0, 0.1) is 0 Å². The lowest BCUT2D eigenvalue weighted by molar-refractivity contribution is 0.0530. The molecule has 104 valence electrons. The third-order valence-electron chi connectivity index (χ3n) is 3.69. The van der Waals surface area contributed by atoms with Gasteiger partial charge in [-0.2, -0.15) is 0 Å². The van der Waals surface area contributed by atoms with E-state index >= 15 is 0 Å². The van der Waals surface area contributed by atoms with Gasteiger partial charge in [-0.15, -0.1) is 0 Å². The minimum atomic E-state index is -0.229. The van der Waals surface area contributed by atoms with E-state index in [1.807, 2.05) is 11.6 Å². The lowest BCUT2D eigenvalue weighted by Gasteiger charge is -2.34. The summed E-state index contributed by atoms with van der Waals surface area (Å²) >= 11 is 0. The Kier molecular flexibility index (Phi) is 3.23. The highest BCUT2D eigenvalue weighted by Gasteiger charge is 2.32. The lowest BCUT2D eigenvalue weighted by Crippen LogP contribution is -2.46. The Hall–Kier alpha value is -2.21. The number of carbonyl (C=O) groups is 1. The fourth-order valence-corrected chi connectivity index (χ4v) is 2.56. The summed E-state index contributed by atoms with van der Waals surface area (Å²) in [4.78, 5) is 22.6. The smallest absolute Gasteiger partial charge is 0.273 e. The maximum Gasteiger partial charge on any atom is 0.273 e. The number of rotatable bonds is 2. The summed E-state index contributed by atoms with van der Waals surface area (Å²) in [6, 6.07) is 5.01. The molecule has 3 rings (SSSR count). The molecule has 6 nitrogen and oxygen atoms in total. The fraction of sp³-hybridized carbons (Fsp3) is 0.357. The zero-order valence-corrected chi connectivity index (χ0v) is 11.2. The molecule has 2 aromatic rings. The van der Waals surface area contributed by atoms with Crippen LogP contribution in [0.15, 0.2) is 30.7 Å². The second-order valence-corrected chi connectivity index (χ2v) is 4.94. The van der Waals surface area contributed by atoms with Gasteiger partial charge in [0.25, 0.3) is 5.91 Å². The van der Waals surface area contributed by atoms with Crippen molar-refractivity contribution >= 4 is 5.91 Å². The molecule has 0 aromatic carbocycles. The number of pyridine rings is 1. The van der Waals surface area contributed by atoms with Gasteiger partial charge in [0.05, 0.1) is 31.2 Å². The molecule has 1 aliphatic rings. The lowest BCUT2D eigenvalue weighted by atomic mass is 10.0. The number of hydrogen-bond donors (Lipinski definition) is 1. The average Bonchev–Trinajstić information content (AvgIpc) is 2.87. The first-order valence-electron chi connectivity index (χ1n) is 6.52. The zero-order valence-electron chi connectivity index (χ0n) is 11.2. The SMILES string of the molecule is Cn1cnc2c1C[C@H](CO)N(C(=O)c1ccccn1)C2. The molecule has 0 bridgehead atoms. The number of aryl methyl sites for hydroxylation is 1. The van der Waals surface area contributed by atoms with Crippen molar-refractivity contribution in [3.63, 3.8) is 0 Å². The highest BCUT2D eigenvalue weighted by molar-refractivity contribution is 5.92. The molecular formula is C14H16N4O2. The van der Waals surface area contributed by atoms with Crippen molar-refractivity contribution in [1.82, 2.24) is 19.4 Å². The van der Waals surface area contributed by atoms with Crippen molar-refractivity contribution in [3.8, 4) is 0 Å². The van der Waals surface area contributed by atoms with Crippen molar-refractivity contribution < 1.29 is 9.90 Å². The first kappa shape index (κ1) is 12.8. The van der Waals surface area contributed by atoms with Crippen LogP contribution in [0.1, 0.15) is 21.9 Å². The molecule has 0 aliphatic carbocycles. The molecule has 2 aromatic heterocycles. The number of amides is 1. The summed E-state index contributed by atoms with van der Waals surface area (Å²) in [7, 11) is 1.93. The zero-order chi connectivity index (χ0) is 14.1. The van der Waals surface area contributed by atoms with Gasteiger partial charge in [-0.05, 0) is 12.1 Å². The summed E-state index contributed by atoms with van der Waals surface area (Å²) in [5.41, 5.74) is 2.36. The summed E-state index contributed by atoms with van der Waals surface area (Å²) in [6.07, 6.45) is 3.95. The van der Waals surface area contributed by atoms with Crippen molar-refractivity contribution in [2.24, 2.45) is 7.05 Å². The van der Waals surface area contributed by atoms with Gasteiger partial charge in [0.2, 0.25) is 0 Å². The number of aliphatic hydroxyl groups excluding tert-OH is 1. The fourth-order valence-electron chi connectivity index (χ4n) is 2.56. The first-order chi connectivity index (χ1) is 9.70. The minimum absolute atomic E-state index is 0.0663. The van der Waals surface area contributed by atoms with Crippen LogP contribution in [0.4, 0.5) is 0 Å². The molecule has 1 aliphatic heterocycles. The summed E-state index contributed by atoms with van der Waals surface area (Å²) < 4.78 is 1.95. The molecule has 1 amide bonds. The highest BCUT2D eigenvalue weighted by Crippen LogP contribution is 2.23. The van der Waals surface area contributed by atoms with Crippen LogP contribution in [0.3, 0.4) is 0 Å². The Balaban J connectivity index is 1.91. The molecule has 0 saturated heterocycles. The van der Waals surface area contributed by atoms with Crippen LogP contribution in [0.5, 0.6) is 0 Å². The Morgan fingerprint density at radius 3 is 3.00 bits per heavy atom. The van der Waals surface area contributed by atoms with Crippen LogP contribution < -0.4 is 0 Å². The predicted octanol–water partition coefficient (Wildman–Crippen LogP) is 0.374. The number of carbonyl (C=O) groups excluding carboxylic acids is 1. The van der Waals surface area contributed by atoms with Gasteiger partial charge >= 0.3 is 0 Å². The number of fused-ring (bicyclic) bond motifs is 1. The first-order valence-corrected chi connectivity index (χ1v) is 6.52. The van der Waals surface area contributed by atoms with E-state index in [9.17, 15) is 9.90 Å². The van der Waals surface area contributed by atoms with Crippen LogP contribution in [-0.4, -0.2) is 43.1 Å². The third-order valence-corrected chi connectivity index (χ3v) is 3.69. The Labute approximate surface area is 116 Å². The van der Waals surface area contributed by atoms with Crippen molar-refractivity contribution in [3.05, 3.63) is 47.8 Å². The summed E-state index contributed by atoms with van der Waals surface area (Å²) in [6.45, 7) is 0.347. The van der Waals surface area contributed by atoms with E-state index in [1.54, 1.807) is 35.6 Å². The van der Waals surface area contributed by atoms with Gasteiger partial charge in [0, 0.05) is 25.4 Å². The van der Waals surface area contributed by atoms with Crippen LogP contribution in [0.2, 0.25) is 0 Å². The van der Waals surface area contributed by atoms with Crippen molar-refractivity contribution in [1.29, 1.82) is 0 Å². The van der Waals surface area contributed by atoms with Gasteiger partial charge in [0.1, 0.15) is 5.69 Å². The van der Waals surface area contributed by atoms with Crippen molar-refractivity contribution in [2.45, 2.75) is 19.0 Å². The molecule has 0 spiro atoms. The highest BCUT2D eigenvalue weighted by atomic mass is 16.3. The van der Waals surface area contributed by atoms with E-state index in [4.69, 9.17) is 0 Å². The molecule has 0 radical (unpaired) electrons. The van der Waals surface area contributed by atoms with Crippen LogP contribution in [0.25, 0.3) is 0 Å². The molecule has 0 unspecified atom stereocenters. The molecule has 1 atom stereocenters. The summed E-state index contributed by atoms with van der Waals surface area (Å²) in [5, 5.41) is 9.57. The second-order valence-electron chi connectivity index (χ2n) is 4.94. The van der Waals surface area contributed by atoms with E-state index in [0.717, 1.165) is 11.4 Å². The molecule has 6 heteroatoms. The van der Waals surface area contributed by atoms with Gasteiger partial charge < -0.3 is 14.6 Å². The van der Waals surface area contributed by atoms with Gasteiger partial charge in [-0.1, -0.05) is 6.07 Å². The van der Waals surface area contributed by atoms with Gasteiger partial charge in [-0.25, -0.2) is 4.98 Å². The molecule has 20 heavy (non-hydrogen) atoms. The van der Waals surface area contributed by atoms with Crippen molar-refractivity contribution in [2.75, 3.05) is 6.61 Å². The van der Waals surface area contributed by atoms with E-state index in [2.05, 4.69) is 9.97 Å². The normalized spacial score (nSPS) is 17.9. The van der Waals surface area contributed by atoms with E-state index in [-0.39, 0.29) is 18.6 Å². The number of aliphatic hydroxyl groups is 1. The monoisotopic (exact) mass is 272 g/mol. The molecule has 3 heterocycles. The second kappa shape index (κ2) is 5.05. The number of nitrogens with zero attached hydrogens (tertiary/aromatic N) is 4. The number of aromatic nitrogens is 3. The molecule has 0 saturated carbocycles. The van der Waals surface area contributed by atoms with Gasteiger partial charge in [0.15, 0.2) is 0 Å². The summed E-state index contributed by atoms with van der Waals surface area (Å²) in [5.74, 6) is -0.166. The van der Waals surface area contributed by atoms with Crippen LogP contribution >= 0.6 is 0 Å². The molecular weight excluding hydrogens is 256 g/mol. The third kappa shape index (κ3) is 2.08. The standard InChI is InChI=1S/C14H16N4O2/c1-17-9-16-12-7-18(10(8-19)6-13(12)17)14(20)11-4-2-3-5-15-11/h2-5,9-10,19H,6-8H2,1H3/t10-/m1/s1. The average molecular weight is 272 g/mol. The maximum atomic E-state index is 12.5. The largest absolute Gasteiger partial charge is 0.394 e. The minimum Gasteiger partial charge on any atom is -0.394 e.